The van der Waals surface area contributed by atoms with E-state index in [0.29, 0.717) is 29.9 Å². The average molecular weight is 345 g/mol. The average Bonchev–Trinajstić information content (AvgIpc) is 3.06. The predicted molar refractivity (Wildman–Crippen MR) is 90.8 cm³/mol. The van der Waals surface area contributed by atoms with Crippen molar-refractivity contribution in [1.29, 1.82) is 0 Å². The van der Waals surface area contributed by atoms with Crippen molar-refractivity contribution in [2.24, 2.45) is 0 Å². The molecule has 0 N–H and O–H groups in total. The van der Waals surface area contributed by atoms with Gasteiger partial charge in [-0.05, 0) is 43.4 Å². The van der Waals surface area contributed by atoms with Gasteiger partial charge in [0.15, 0.2) is 0 Å². The lowest BCUT2D eigenvalue weighted by atomic mass is 10.3. The summed E-state index contributed by atoms with van der Waals surface area (Å²) in [5, 5.41) is 4.67. The van der Waals surface area contributed by atoms with Crippen molar-refractivity contribution >= 4 is 11.6 Å². The fraction of sp³-hybridized carbons (Fsp3) is 0.235. The van der Waals surface area contributed by atoms with Gasteiger partial charge in [0.25, 0.3) is 0 Å². The summed E-state index contributed by atoms with van der Waals surface area (Å²) in [6.45, 7) is 1.84. The Morgan fingerprint density at radius 1 is 1.21 bits per heavy atom. The number of benzene rings is 1. The fourth-order valence-corrected chi connectivity index (χ4v) is 2.22. The first kappa shape index (κ1) is 16.4. The van der Waals surface area contributed by atoms with Gasteiger partial charge in [-0.25, -0.2) is 0 Å². The number of halogens is 1. The summed E-state index contributed by atoms with van der Waals surface area (Å²) in [4.78, 5) is 10.5. The van der Waals surface area contributed by atoms with Crippen LogP contribution in [0.15, 0.2) is 53.3 Å². The topological polar surface area (TPSA) is 64.3 Å². The van der Waals surface area contributed by atoms with Crippen LogP contribution in [0.2, 0.25) is 5.02 Å². The standard InChI is InChI=1S/C17H17ClN4O2/c1-22(9-10-23-15-6-4-14(18)5-7-15)12-16-20-17(21-24-16)13-3-2-8-19-11-13/h2-8,11H,9-10,12H2,1H3. The number of likely N-dealkylation sites (N-methyl/N-ethyl adjacent to an activating group) is 1. The van der Waals surface area contributed by atoms with Gasteiger partial charge in [-0.2, -0.15) is 4.98 Å². The Balaban J connectivity index is 1.47. The van der Waals surface area contributed by atoms with Crippen LogP contribution in [0.4, 0.5) is 0 Å². The minimum Gasteiger partial charge on any atom is -0.492 e. The minimum absolute atomic E-state index is 0.545. The minimum atomic E-state index is 0.545. The Kier molecular flexibility index (Phi) is 5.40. The second kappa shape index (κ2) is 7.90. The van der Waals surface area contributed by atoms with Crippen molar-refractivity contribution in [2.75, 3.05) is 20.2 Å². The monoisotopic (exact) mass is 344 g/mol. The molecule has 6 nitrogen and oxygen atoms in total. The van der Waals surface area contributed by atoms with Crippen molar-refractivity contribution < 1.29 is 9.26 Å². The van der Waals surface area contributed by atoms with Crippen molar-refractivity contribution in [3.8, 4) is 17.1 Å². The molecule has 0 aliphatic heterocycles. The summed E-state index contributed by atoms with van der Waals surface area (Å²) in [6.07, 6.45) is 3.41. The van der Waals surface area contributed by atoms with E-state index < -0.39 is 0 Å². The SMILES string of the molecule is CN(CCOc1ccc(Cl)cc1)Cc1nc(-c2cccnc2)no1. The number of nitrogens with zero attached hydrogens (tertiary/aromatic N) is 4. The predicted octanol–water partition coefficient (Wildman–Crippen LogP) is 3.30. The van der Waals surface area contributed by atoms with Gasteiger partial charge >= 0.3 is 0 Å². The summed E-state index contributed by atoms with van der Waals surface area (Å²) in [6, 6.07) is 11.0. The van der Waals surface area contributed by atoms with Crippen molar-refractivity contribution in [3.05, 3.63) is 59.7 Å². The van der Waals surface area contributed by atoms with Crippen LogP contribution in [0, 0.1) is 0 Å². The molecule has 0 saturated carbocycles. The lowest BCUT2D eigenvalue weighted by Gasteiger charge is -2.14. The van der Waals surface area contributed by atoms with Gasteiger partial charge in [-0.1, -0.05) is 16.8 Å². The third kappa shape index (κ3) is 4.53. The van der Waals surface area contributed by atoms with E-state index in [1.165, 1.54) is 0 Å². The maximum Gasteiger partial charge on any atom is 0.241 e. The molecule has 0 saturated heterocycles. The lowest BCUT2D eigenvalue weighted by Crippen LogP contribution is -2.24. The number of ether oxygens (including phenoxy) is 1. The van der Waals surface area contributed by atoms with Gasteiger partial charge in [-0.3, -0.25) is 9.88 Å². The van der Waals surface area contributed by atoms with Crippen LogP contribution >= 0.6 is 11.6 Å². The van der Waals surface area contributed by atoms with Crippen molar-refractivity contribution in [3.63, 3.8) is 0 Å². The van der Waals surface area contributed by atoms with E-state index in [-0.39, 0.29) is 0 Å². The molecule has 24 heavy (non-hydrogen) atoms. The summed E-state index contributed by atoms with van der Waals surface area (Å²) in [5.41, 5.74) is 0.834. The molecule has 3 aromatic rings. The van der Waals surface area contributed by atoms with E-state index in [0.717, 1.165) is 17.9 Å². The first-order valence-electron chi connectivity index (χ1n) is 7.50. The zero-order valence-corrected chi connectivity index (χ0v) is 14.0. The lowest BCUT2D eigenvalue weighted by molar-refractivity contribution is 0.213. The molecule has 0 fully saturated rings. The van der Waals surface area contributed by atoms with Gasteiger partial charge in [0, 0.05) is 29.5 Å². The summed E-state index contributed by atoms with van der Waals surface area (Å²) < 4.78 is 11.0. The molecule has 0 atom stereocenters. The number of hydrogen-bond donors (Lipinski definition) is 0. The van der Waals surface area contributed by atoms with Gasteiger partial charge < -0.3 is 9.26 Å². The maximum atomic E-state index is 5.84. The first-order valence-corrected chi connectivity index (χ1v) is 7.88. The molecular formula is C17H17ClN4O2. The number of pyridine rings is 1. The molecule has 0 radical (unpaired) electrons. The van der Waals surface area contributed by atoms with E-state index in [4.69, 9.17) is 20.9 Å². The van der Waals surface area contributed by atoms with E-state index in [1.54, 1.807) is 24.5 Å². The fourth-order valence-electron chi connectivity index (χ4n) is 2.09. The van der Waals surface area contributed by atoms with E-state index in [9.17, 15) is 0 Å². The Morgan fingerprint density at radius 3 is 2.79 bits per heavy atom. The van der Waals surface area contributed by atoms with E-state index in [2.05, 4.69) is 20.0 Å². The zero-order valence-electron chi connectivity index (χ0n) is 13.2. The quantitative estimate of drug-likeness (QED) is 0.655. The highest BCUT2D eigenvalue weighted by atomic mass is 35.5. The summed E-state index contributed by atoms with van der Waals surface area (Å²) in [7, 11) is 1.97. The second-order valence-corrected chi connectivity index (χ2v) is 5.73. The van der Waals surface area contributed by atoms with E-state index in [1.807, 2.05) is 31.3 Å². The highest BCUT2D eigenvalue weighted by Crippen LogP contribution is 2.16. The largest absolute Gasteiger partial charge is 0.492 e. The number of aromatic nitrogens is 3. The molecule has 0 bridgehead atoms. The Morgan fingerprint density at radius 2 is 2.04 bits per heavy atom. The molecule has 7 heteroatoms. The molecule has 2 heterocycles. The van der Waals surface area contributed by atoms with Gasteiger partial charge in [-0.15, -0.1) is 0 Å². The highest BCUT2D eigenvalue weighted by Gasteiger charge is 2.10. The smallest absolute Gasteiger partial charge is 0.241 e. The molecular weight excluding hydrogens is 328 g/mol. The van der Waals surface area contributed by atoms with Gasteiger partial charge in [0.2, 0.25) is 11.7 Å². The Bertz CT molecular complexity index is 762. The molecule has 124 valence electrons. The second-order valence-electron chi connectivity index (χ2n) is 5.29. The van der Waals surface area contributed by atoms with Crippen molar-refractivity contribution in [2.45, 2.75) is 6.54 Å². The van der Waals surface area contributed by atoms with Crippen LogP contribution in [-0.4, -0.2) is 40.2 Å². The zero-order chi connectivity index (χ0) is 16.8. The Labute approximate surface area is 145 Å². The van der Waals surface area contributed by atoms with Crippen LogP contribution in [0.5, 0.6) is 5.75 Å². The van der Waals surface area contributed by atoms with Gasteiger partial charge in [0.1, 0.15) is 12.4 Å². The van der Waals surface area contributed by atoms with E-state index >= 15 is 0 Å². The maximum absolute atomic E-state index is 5.84. The molecule has 0 aliphatic rings. The molecule has 1 aromatic carbocycles. The van der Waals surface area contributed by atoms with Crippen LogP contribution in [-0.2, 0) is 6.54 Å². The summed E-state index contributed by atoms with van der Waals surface area (Å²) >= 11 is 5.84. The van der Waals surface area contributed by atoms with Crippen molar-refractivity contribution in [1.82, 2.24) is 20.0 Å². The van der Waals surface area contributed by atoms with Crippen LogP contribution in [0.3, 0.4) is 0 Å². The first-order chi connectivity index (χ1) is 11.7. The molecule has 3 rings (SSSR count). The van der Waals surface area contributed by atoms with Crippen LogP contribution in [0.1, 0.15) is 5.89 Å². The molecule has 0 amide bonds. The Hall–Kier alpha value is -2.44. The van der Waals surface area contributed by atoms with Gasteiger partial charge in [0.05, 0.1) is 6.54 Å². The third-order valence-corrected chi connectivity index (χ3v) is 3.60. The summed E-state index contributed by atoms with van der Waals surface area (Å²) in [5.74, 6) is 1.90. The molecule has 0 unspecified atom stereocenters. The number of hydrogen-bond acceptors (Lipinski definition) is 6. The van der Waals surface area contributed by atoms with Crippen LogP contribution < -0.4 is 4.74 Å². The van der Waals surface area contributed by atoms with Crippen LogP contribution in [0.25, 0.3) is 11.4 Å². The normalized spacial score (nSPS) is 11.0. The molecule has 0 aliphatic carbocycles. The molecule has 0 spiro atoms. The third-order valence-electron chi connectivity index (χ3n) is 3.35. The highest BCUT2D eigenvalue weighted by molar-refractivity contribution is 6.30. The number of rotatable bonds is 7. The molecule has 2 aromatic heterocycles.